The number of thiazole rings is 1. The molecule has 1 atom stereocenters. The first-order chi connectivity index (χ1) is 17.4. The molecule has 1 aromatic heterocycles. The van der Waals surface area contributed by atoms with Crippen molar-refractivity contribution >= 4 is 23.4 Å². The number of carbonyl (C=O) groups is 2. The lowest BCUT2D eigenvalue weighted by Crippen LogP contribution is -1.93. The zero-order chi connectivity index (χ0) is 28.1. The van der Waals surface area contributed by atoms with Crippen LogP contribution in [0.25, 0.3) is 10.6 Å². The lowest BCUT2D eigenvalue weighted by molar-refractivity contribution is -0.106. The third-order valence-corrected chi connectivity index (χ3v) is 5.65. The van der Waals surface area contributed by atoms with Gasteiger partial charge in [-0.3, -0.25) is 4.79 Å². The number of Topliss-reactive ketones (excluding diaryl/α,β-unsaturated/α-hetero) is 1. The Kier molecular flexibility index (Phi) is 20.9. The quantitative estimate of drug-likeness (QED) is 0.259. The Morgan fingerprint density at radius 1 is 1.03 bits per heavy atom. The molecule has 198 valence electrons. The van der Waals surface area contributed by atoms with Crippen LogP contribution >= 0.6 is 11.3 Å². The minimum Gasteiger partial charge on any atom is -0.304 e. The molecular formula is C31H44FNO2S. The summed E-state index contributed by atoms with van der Waals surface area (Å²) >= 11 is 1.67. The molecule has 3 aromatic rings. The number of allylic oxidation sites excluding steroid dienone is 1. The molecule has 36 heavy (non-hydrogen) atoms. The maximum Gasteiger partial charge on any atom is 0.163 e. The Bertz CT molecular complexity index is 996. The molecule has 5 heteroatoms. The van der Waals surface area contributed by atoms with Gasteiger partial charge in [0, 0.05) is 35.0 Å². The van der Waals surface area contributed by atoms with Gasteiger partial charge in [-0.2, -0.15) is 0 Å². The second-order valence-corrected chi connectivity index (χ2v) is 7.88. The summed E-state index contributed by atoms with van der Waals surface area (Å²) in [5.41, 5.74) is 5.25. The van der Waals surface area contributed by atoms with Crippen LogP contribution in [0.15, 0.2) is 66.2 Å². The summed E-state index contributed by atoms with van der Waals surface area (Å²) < 4.78 is 12.6. The van der Waals surface area contributed by atoms with Crippen LogP contribution in [0.3, 0.4) is 0 Å². The first-order valence-electron chi connectivity index (χ1n) is 12.7. The van der Waals surface area contributed by atoms with E-state index in [-0.39, 0.29) is 11.6 Å². The van der Waals surface area contributed by atoms with Gasteiger partial charge < -0.3 is 4.79 Å². The average Bonchev–Trinajstić information content (AvgIpc) is 3.59. The molecule has 0 spiro atoms. The number of aryl methyl sites for hydroxylation is 1. The summed E-state index contributed by atoms with van der Waals surface area (Å²) in [5.74, 6) is 0.170. The van der Waals surface area contributed by atoms with Gasteiger partial charge in [-0.15, -0.1) is 11.3 Å². The molecule has 0 amide bonds. The van der Waals surface area contributed by atoms with E-state index in [0.717, 1.165) is 23.3 Å². The predicted octanol–water partition coefficient (Wildman–Crippen LogP) is 9.73. The van der Waals surface area contributed by atoms with Crippen LogP contribution in [0.2, 0.25) is 0 Å². The Morgan fingerprint density at radius 2 is 1.58 bits per heavy atom. The number of rotatable bonds is 3. The molecule has 0 aliphatic heterocycles. The molecule has 1 aliphatic carbocycles. The summed E-state index contributed by atoms with van der Waals surface area (Å²) in [7, 11) is 0. The standard InChI is InChI=1S/C14H15NS.C9H7FO.C2H4O.3C2H6/c1-10(2)11(3)12-4-6-13(7-5-12)14-15-8-9-16-14;10-7-3-1-6-2-4-9(11)8(6)5-7;1-2-3;3*1-2/h4-9,11H,1H2,2-3H3;1,3,5H,2,4H2;2H,1H3;3*1-2H3. The van der Waals surface area contributed by atoms with Crippen molar-refractivity contribution in [2.45, 2.75) is 81.1 Å². The molecule has 1 heterocycles. The number of ketones is 1. The molecule has 0 N–H and O–H groups in total. The summed E-state index contributed by atoms with van der Waals surface area (Å²) in [6, 6.07) is 13.0. The predicted molar refractivity (Wildman–Crippen MR) is 156 cm³/mol. The van der Waals surface area contributed by atoms with Gasteiger partial charge in [-0.25, -0.2) is 9.37 Å². The van der Waals surface area contributed by atoms with Gasteiger partial charge in [0.15, 0.2) is 5.78 Å². The van der Waals surface area contributed by atoms with Gasteiger partial charge in [0.2, 0.25) is 0 Å². The Balaban J connectivity index is 0. The number of aldehydes is 1. The van der Waals surface area contributed by atoms with Gasteiger partial charge in [0.1, 0.15) is 17.1 Å². The van der Waals surface area contributed by atoms with Gasteiger partial charge in [0.05, 0.1) is 0 Å². The molecule has 0 saturated carbocycles. The molecule has 0 bridgehead atoms. The third-order valence-electron chi connectivity index (χ3n) is 4.82. The van der Waals surface area contributed by atoms with E-state index in [4.69, 9.17) is 4.79 Å². The smallest absolute Gasteiger partial charge is 0.163 e. The molecule has 4 rings (SSSR count). The van der Waals surface area contributed by atoms with Crippen molar-refractivity contribution in [3.05, 3.63) is 88.7 Å². The van der Waals surface area contributed by atoms with E-state index in [9.17, 15) is 9.18 Å². The van der Waals surface area contributed by atoms with Crippen LogP contribution in [0.1, 0.15) is 96.1 Å². The average molecular weight is 514 g/mol. The first-order valence-corrected chi connectivity index (χ1v) is 13.6. The van der Waals surface area contributed by atoms with Crippen LogP contribution in [-0.4, -0.2) is 17.1 Å². The normalized spacial score (nSPS) is 11.0. The van der Waals surface area contributed by atoms with E-state index in [1.54, 1.807) is 17.4 Å². The highest BCUT2D eigenvalue weighted by atomic mass is 32.1. The number of carbonyl (C=O) groups excluding carboxylic acids is 2. The number of halogens is 1. The van der Waals surface area contributed by atoms with Crippen molar-refractivity contribution < 1.29 is 14.0 Å². The van der Waals surface area contributed by atoms with Crippen molar-refractivity contribution in [1.29, 1.82) is 0 Å². The third kappa shape index (κ3) is 12.2. The maximum atomic E-state index is 12.6. The van der Waals surface area contributed by atoms with Crippen LogP contribution in [0, 0.1) is 5.82 Å². The molecule has 1 aliphatic rings. The van der Waals surface area contributed by atoms with E-state index in [1.807, 2.05) is 53.1 Å². The first kappa shape index (κ1) is 35.2. The topological polar surface area (TPSA) is 47.0 Å². The zero-order valence-electron chi connectivity index (χ0n) is 23.5. The Labute approximate surface area is 222 Å². The number of hydrogen-bond donors (Lipinski definition) is 0. The second-order valence-electron chi connectivity index (χ2n) is 6.99. The number of benzene rings is 2. The van der Waals surface area contributed by atoms with E-state index < -0.39 is 0 Å². The van der Waals surface area contributed by atoms with Gasteiger partial charge >= 0.3 is 0 Å². The number of fused-ring (bicyclic) bond motifs is 1. The fourth-order valence-corrected chi connectivity index (χ4v) is 3.62. The molecule has 1 unspecified atom stereocenters. The molecule has 3 nitrogen and oxygen atoms in total. The van der Waals surface area contributed by atoms with Crippen molar-refractivity contribution in [3.63, 3.8) is 0 Å². The van der Waals surface area contributed by atoms with E-state index in [1.165, 1.54) is 35.8 Å². The van der Waals surface area contributed by atoms with E-state index in [2.05, 4.69) is 49.7 Å². The van der Waals surface area contributed by atoms with Crippen molar-refractivity contribution in [2.24, 2.45) is 0 Å². The van der Waals surface area contributed by atoms with Crippen LogP contribution in [0.4, 0.5) is 4.39 Å². The largest absolute Gasteiger partial charge is 0.304 e. The summed E-state index contributed by atoms with van der Waals surface area (Å²) in [6.07, 6.45) is 3.90. The monoisotopic (exact) mass is 513 g/mol. The van der Waals surface area contributed by atoms with Crippen molar-refractivity contribution in [3.8, 4) is 10.6 Å². The summed E-state index contributed by atoms with van der Waals surface area (Å²) in [4.78, 5) is 24.2. The Morgan fingerprint density at radius 3 is 2.06 bits per heavy atom. The number of aromatic nitrogens is 1. The van der Waals surface area contributed by atoms with E-state index in [0.29, 0.717) is 17.9 Å². The second kappa shape index (κ2) is 21.4. The van der Waals surface area contributed by atoms with E-state index >= 15 is 0 Å². The number of nitrogens with zero attached hydrogens (tertiary/aromatic N) is 1. The minimum absolute atomic E-state index is 0.0690. The summed E-state index contributed by atoms with van der Waals surface area (Å²) in [6.45, 7) is 21.7. The summed E-state index contributed by atoms with van der Waals surface area (Å²) in [5, 5.41) is 3.08. The van der Waals surface area contributed by atoms with Gasteiger partial charge in [-0.05, 0) is 43.5 Å². The SMILES string of the molecule is C=C(C)C(C)c1ccc(-c2nccs2)cc1.CC.CC.CC.CC=O.O=C1CCc2ccc(F)cc21. The van der Waals surface area contributed by atoms with Crippen LogP contribution in [0.5, 0.6) is 0 Å². The highest BCUT2D eigenvalue weighted by molar-refractivity contribution is 7.13. The lowest BCUT2D eigenvalue weighted by atomic mass is 9.94. The van der Waals surface area contributed by atoms with Crippen molar-refractivity contribution in [1.82, 2.24) is 4.98 Å². The van der Waals surface area contributed by atoms with Crippen molar-refractivity contribution in [2.75, 3.05) is 0 Å². The molecule has 0 radical (unpaired) electrons. The molecular weight excluding hydrogens is 469 g/mol. The Hall–Kier alpha value is -2.92. The van der Waals surface area contributed by atoms with Gasteiger partial charge in [-0.1, -0.05) is 91.0 Å². The molecule has 2 aromatic carbocycles. The molecule has 0 fully saturated rings. The zero-order valence-corrected chi connectivity index (χ0v) is 24.3. The highest BCUT2D eigenvalue weighted by Gasteiger charge is 2.19. The minimum atomic E-state index is -0.320. The van der Waals surface area contributed by atoms with Crippen LogP contribution < -0.4 is 0 Å². The van der Waals surface area contributed by atoms with Gasteiger partial charge in [0.25, 0.3) is 0 Å². The lowest BCUT2D eigenvalue weighted by Gasteiger charge is -2.11. The van der Waals surface area contributed by atoms with Crippen LogP contribution in [-0.2, 0) is 11.2 Å². The molecule has 0 saturated heterocycles. The fraction of sp³-hybridized carbons (Fsp3) is 0.387. The fourth-order valence-electron chi connectivity index (χ4n) is 2.97. The highest BCUT2D eigenvalue weighted by Crippen LogP contribution is 2.26. The maximum absolute atomic E-state index is 12.6. The number of hydrogen-bond acceptors (Lipinski definition) is 4.